The van der Waals surface area contributed by atoms with Crippen molar-refractivity contribution in [1.29, 1.82) is 0 Å². The van der Waals surface area contributed by atoms with E-state index >= 15 is 0 Å². The summed E-state index contributed by atoms with van der Waals surface area (Å²) in [5, 5.41) is 4.29. The van der Waals surface area contributed by atoms with Crippen LogP contribution in [0.2, 0.25) is 0 Å². The SMILES string of the molecule is COC[C@@H]1CN(C(=O)c2ccco2)Cc2cnn(C)c21. The molecule has 0 spiro atoms. The molecule has 1 aliphatic rings. The maximum atomic E-state index is 12.4. The van der Waals surface area contributed by atoms with Crippen molar-refractivity contribution in [2.75, 3.05) is 20.3 Å². The average Bonchev–Trinajstić information content (AvgIpc) is 3.08. The van der Waals surface area contributed by atoms with Crippen LogP contribution in [0.3, 0.4) is 0 Å². The highest BCUT2D eigenvalue weighted by molar-refractivity contribution is 5.91. The lowest BCUT2D eigenvalue weighted by Gasteiger charge is -2.32. The normalized spacial score (nSPS) is 18.1. The second kappa shape index (κ2) is 5.13. The number of carbonyl (C=O) groups is 1. The Kier molecular flexibility index (Phi) is 3.31. The number of ether oxygens (including phenoxy) is 1. The molecule has 0 fully saturated rings. The van der Waals surface area contributed by atoms with E-state index in [1.54, 1.807) is 24.1 Å². The van der Waals surface area contributed by atoms with Crippen molar-refractivity contribution < 1.29 is 13.9 Å². The van der Waals surface area contributed by atoms with E-state index < -0.39 is 0 Å². The van der Waals surface area contributed by atoms with E-state index in [-0.39, 0.29) is 11.8 Å². The first-order valence-electron chi connectivity index (χ1n) is 6.53. The second-order valence-electron chi connectivity index (χ2n) is 4.99. The minimum atomic E-state index is -0.0920. The molecular weight excluding hydrogens is 258 g/mol. The van der Waals surface area contributed by atoms with Crippen LogP contribution in [0.1, 0.15) is 27.7 Å². The number of fused-ring (bicyclic) bond motifs is 1. The van der Waals surface area contributed by atoms with E-state index in [0.29, 0.717) is 25.5 Å². The molecule has 6 heteroatoms. The molecule has 6 nitrogen and oxygen atoms in total. The van der Waals surface area contributed by atoms with Gasteiger partial charge in [-0.3, -0.25) is 9.48 Å². The van der Waals surface area contributed by atoms with Crippen molar-refractivity contribution in [1.82, 2.24) is 14.7 Å². The highest BCUT2D eigenvalue weighted by atomic mass is 16.5. The highest BCUT2D eigenvalue weighted by Crippen LogP contribution is 2.29. The minimum Gasteiger partial charge on any atom is -0.459 e. The van der Waals surface area contributed by atoms with Crippen LogP contribution in [-0.2, 0) is 18.3 Å². The first-order valence-corrected chi connectivity index (χ1v) is 6.53. The van der Waals surface area contributed by atoms with Gasteiger partial charge in [0.05, 0.1) is 24.8 Å². The van der Waals surface area contributed by atoms with E-state index in [1.807, 2.05) is 17.9 Å². The number of carbonyl (C=O) groups excluding carboxylic acids is 1. The summed E-state index contributed by atoms with van der Waals surface area (Å²) >= 11 is 0. The van der Waals surface area contributed by atoms with Crippen LogP contribution < -0.4 is 0 Å². The molecule has 20 heavy (non-hydrogen) atoms. The average molecular weight is 275 g/mol. The van der Waals surface area contributed by atoms with Crippen molar-refractivity contribution in [3.8, 4) is 0 Å². The van der Waals surface area contributed by atoms with Gasteiger partial charge in [-0.05, 0) is 12.1 Å². The first kappa shape index (κ1) is 12.9. The summed E-state index contributed by atoms with van der Waals surface area (Å²) in [5.74, 6) is 0.411. The molecule has 0 aromatic carbocycles. The minimum absolute atomic E-state index is 0.0920. The van der Waals surface area contributed by atoms with Crippen molar-refractivity contribution in [3.63, 3.8) is 0 Å². The third-order valence-electron chi connectivity index (χ3n) is 3.64. The molecule has 1 atom stereocenters. The first-order chi connectivity index (χ1) is 9.70. The smallest absolute Gasteiger partial charge is 0.289 e. The van der Waals surface area contributed by atoms with Gasteiger partial charge in [0.15, 0.2) is 5.76 Å². The van der Waals surface area contributed by atoms with Gasteiger partial charge >= 0.3 is 0 Å². The molecule has 0 aliphatic carbocycles. The number of furan rings is 1. The number of hydrogen-bond donors (Lipinski definition) is 0. The number of nitrogens with zero attached hydrogens (tertiary/aromatic N) is 3. The standard InChI is InChI=1S/C14H17N3O3/c1-16-13-10(6-15-16)7-17(8-11(13)9-19-2)14(18)12-4-3-5-20-12/h3-6,11H,7-9H2,1-2H3/t11-/m0/s1. The van der Waals surface area contributed by atoms with Crippen molar-refractivity contribution in [2.24, 2.45) is 7.05 Å². The predicted octanol–water partition coefficient (Wildman–Crippen LogP) is 1.40. The summed E-state index contributed by atoms with van der Waals surface area (Å²) in [7, 11) is 3.59. The van der Waals surface area contributed by atoms with Crippen LogP contribution in [0, 0.1) is 0 Å². The molecule has 0 unspecified atom stereocenters. The summed E-state index contributed by atoms with van der Waals surface area (Å²) < 4.78 is 12.3. The largest absolute Gasteiger partial charge is 0.459 e. The van der Waals surface area contributed by atoms with Crippen LogP contribution in [0.5, 0.6) is 0 Å². The fourth-order valence-electron chi connectivity index (χ4n) is 2.81. The van der Waals surface area contributed by atoms with Gasteiger partial charge in [-0.15, -0.1) is 0 Å². The van der Waals surface area contributed by atoms with Gasteiger partial charge in [0.1, 0.15) is 0 Å². The van der Waals surface area contributed by atoms with E-state index in [0.717, 1.165) is 11.3 Å². The number of amides is 1. The Balaban J connectivity index is 1.88. The highest BCUT2D eigenvalue weighted by Gasteiger charge is 2.32. The molecule has 3 heterocycles. The fourth-order valence-corrected chi connectivity index (χ4v) is 2.81. The number of hydrogen-bond acceptors (Lipinski definition) is 4. The Hall–Kier alpha value is -2.08. The molecule has 0 bridgehead atoms. The van der Waals surface area contributed by atoms with E-state index in [1.165, 1.54) is 6.26 Å². The number of rotatable bonds is 3. The van der Waals surface area contributed by atoms with Gasteiger partial charge < -0.3 is 14.1 Å². The Morgan fingerprint density at radius 2 is 2.45 bits per heavy atom. The van der Waals surface area contributed by atoms with Gasteiger partial charge in [-0.25, -0.2) is 0 Å². The lowest BCUT2D eigenvalue weighted by Crippen LogP contribution is -2.39. The van der Waals surface area contributed by atoms with Gasteiger partial charge in [0, 0.05) is 38.7 Å². The van der Waals surface area contributed by atoms with Gasteiger partial charge in [0.25, 0.3) is 5.91 Å². The summed E-state index contributed by atoms with van der Waals surface area (Å²) in [6.07, 6.45) is 3.33. The summed E-state index contributed by atoms with van der Waals surface area (Å²) in [6, 6.07) is 3.41. The van der Waals surface area contributed by atoms with E-state index in [9.17, 15) is 4.79 Å². The second-order valence-corrected chi connectivity index (χ2v) is 4.99. The Morgan fingerprint density at radius 3 is 3.15 bits per heavy atom. The number of aromatic nitrogens is 2. The Bertz CT molecular complexity index is 603. The van der Waals surface area contributed by atoms with Crippen molar-refractivity contribution >= 4 is 5.91 Å². The molecule has 1 aliphatic heterocycles. The predicted molar refractivity (Wildman–Crippen MR) is 71.3 cm³/mol. The zero-order chi connectivity index (χ0) is 14.1. The summed E-state index contributed by atoms with van der Waals surface area (Å²) in [5.41, 5.74) is 2.22. The number of aryl methyl sites for hydroxylation is 1. The molecule has 2 aromatic heterocycles. The molecule has 0 saturated heterocycles. The molecule has 1 amide bonds. The lowest BCUT2D eigenvalue weighted by atomic mass is 9.96. The van der Waals surface area contributed by atoms with Gasteiger partial charge in [-0.2, -0.15) is 5.10 Å². The zero-order valence-corrected chi connectivity index (χ0v) is 11.6. The molecular formula is C14H17N3O3. The van der Waals surface area contributed by atoms with Crippen LogP contribution in [-0.4, -0.2) is 40.8 Å². The maximum Gasteiger partial charge on any atom is 0.289 e. The summed E-state index contributed by atoms with van der Waals surface area (Å²) in [6.45, 7) is 1.73. The lowest BCUT2D eigenvalue weighted by molar-refractivity contribution is 0.0645. The fraction of sp³-hybridized carbons (Fsp3) is 0.429. The Labute approximate surface area is 116 Å². The Morgan fingerprint density at radius 1 is 1.60 bits per heavy atom. The van der Waals surface area contributed by atoms with Crippen LogP contribution in [0.15, 0.2) is 29.0 Å². The van der Waals surface area contributed by atoms with Crippen molar-refractivity contribution in [2.45, 2.75) is 12.5 Å². The topological polar surface area (TPSA) is 60.5 Å². The van der Waals surface area contributed by atoms with E-state index in [2.05, 4.69) is 5.10 Å². The molecule has 0 N–H and O–H groups in total. The number of methoxy groups -OCH3 is 1. The molecule has 0 saturated carbocycles. The van der Waals surface area contributed by atoms with Crippen LogP contribution in [0.25, 0.3) is 0 Å². The molecule has 3 rings (SSSR count). The van der Waals surface area contributed by atoms with Gasteiger partial charge in [-0.1, -0.05) is 0 Å². The third kappa shape index (κ3) is 2.12. The van der Waals surface area contributed by atoms with E-state index in [4.69, 9.17) is 9.15 Å². The van der Waals surface area contributed by atoms with Crippen molar-refractivity contribution in [3.05, 3.63) is 41.6 Å². The monoisotopic (exact) mass is 275 g/mol. The zero-order valence-electron chi connectivity index (χ0n) is 11.6. The van der Waals surface area contributed by atoms with Crippen LogP contribution in [0.4, 0.5) is 0 Å². The summed E-state index contributed by atoms with van der Waals surface area (Å²) in [4.78, 5) is 14.2. The third-order valence-corrected chi connectivity index (χ3v) is 3.64. The quantitative estimate of drug-likeness (QED) is 0.849. The molecule has 0 radical (unpaired) electrons. The maximum absolute atomic E-state index is 12.4. The van der Waals surface area contributed by atoms with Gasteiger partial charge in [0.2, 0.25) is 0 Å². The molecule has 2 aromatic rings. The van der Waals surface area contributed by atoms with Crippen LogP contribution >= 0.6 is 0 Å². The molecule has 106 valence electrons.